The van der Waals surface area contributed by atoms with E-state index in [9.17, 15) is 12.8 Å². The van der Waals surface area contributed by atoms with Crippen LogP contribution in [0.15, 0.2) is 24.3 Å². The number of hydrogen-bond acceptors (Lipinski definition) is 2. The lowest BCUT2D eigenvalue weighted by molar-refractivity contribution is 0.250. The Kier molecular flexibility index (Phi) is 5.29. The van der Waals surface area contributed by atoms with Crippen molar-refractivity contribution in [3.8, 4) is 0 Å². The summed E-state index contributed by atoms with van der Waals surface area (Å²) in [5, 5.41) is 1.31. The molecule has 2 rings (SSSR count). The second-order valence-corrected chi connectivity index (χ2v) is 8.85. The monoisotopic (exact) mass is 426 g/mol. The Labute approximate surface area is 136 Å². The van der Waals surface area contributed by atoms with Crippen molar-refractivity contribution in [2.75, 3.05) is 22.2 Å². The van der Waals surface area contributed by atoms with Crippen LogP contribution in [0.3, 0.4) is 0 Å². The van der Waals surface area contributed by atoms with Gasteiger partial charge in [0, 0.05) is 10.7 Å². The lowest BCUT2D eigenvalue weighted by Crippen LogP contribution is -2.37. The first-order chi connectivity index (χ1) is 9.42. The molecule has 1 saturated heterocycles. The highest BCUT2D eigenvalue weighted by Crippen LogP contribution is 2.42. The average Bonchev–Trinajstić information content (AvgIpc) is 2.79. The summed E-state index contributed by atoms with van der Waals surface area (Å²) in [5.74, 6) is 0.292. The van der Waals surface area contributed by atoms with E-state index in [4.69, 9.17) is 0 Å². The highest BCUT2D eigenvalue weighted by atomic mass is 79.9. The molecule has 112 valence electrons. The minimum atomic E-state index is -2.94. The average molecular weight is 428 g/mol. The Morgan fingerprint density at radius 3 is 2.40 bits per heavy atom. The summed E-state index contributed by atoms with van der Waals surface area (Å²) >= 11 is 7.03. The van der Waals surface area contributed by atoms with Gasteiger partial charge in [0.15, 0.2) is 9.84 Å². The fourth-order valence-corrected chi connectivity index (χ4v) is 6.98. The molecule has 0 amide bonds. The zero-order chi connectivity index (χ0) is 14.8. The molecule has 20 heavy (non-hydrogen) atoms. The maximum Gasteiger partial charge on any atom is 0.150 e. The molecule has 1 aliphatic rings. The summed E-state index contributed by atoms with van der Waals surface area (Å²) in [6.07, 6.45) is 1.20. The minimum absolute atomic E-state index is 0.0610. The summed E-state index contributed by atoms with van der Waals surface area (Å²) in [6.45, 7) is 0. The molecular formula is C14H17Br2FO2S. The molecule has 0 aromatic heterocycles. The van der Waals surface area contributed by atoms with E-state index in [0.29, 0.717) is 29.1 Å². The van der Waals surface area contributed by atoms with E-state index in [1.54, 1.807) is 12.1 Å². The zero-order valence-corrected chi connectivity index (χ0v) is 15.0. The molecule has 1 unspecified atom stereocenters. The van der Waals surface area contributed by atoms with Crippen molar-refractivity contribution in [3.63, 3.8) is 0 Å². The van der Waals surface area contributed by atoms with E-state index in [1.165, 1.54) is 6.07 Å². The normalized spacial score (nSPS) is 22.1. The third kappa shape index (κ3) is 3.45. The first kappa shape index (κ1) is 16.4. The minimum Gasteiger partial charge on any atom is -0.229 e. The smallest absolute Gasteiger partial charge is 0.150 e. The van der Waals surface area contributed by atoms with Gasteiger partial charge >= 0.3 is 0 Å². The highest BCUT2D eigenvalue weighted by Gasteiger charge is 2.43. The first-order valence-electron chi connectivity index (χ1n) is 6.48. The van der Waals surface area contributed by atoms with Crippen LogP contribution >= 0.6 is 31.9 Å². The van der Waals surface area contributed by atoms with Crippen LogP contribution in [-0.4, -0.2) is 30.6 Å². The zero-order valence-electron chi connectivity index (χ0n) is 11.0. The summed E-state index contributed by atoms with van der Waals surface area (Å²) in [5.41, 5.74) is 0.377. The molecule has 1 aromatic rings. The number of rotatable bonds is 5. The van der Waals surface area contributed by atoms with Crippen molar-refractivity contribution in [3.05, 3.63) is 35.6 Å². The van der Waals surface area contributed by atoms with Gasteiger partial charge in [0.2, 0.25) is 0 Å². The maximum absolute atomic E-state index is 13.9. The van der Waals surface area contributed by atoms with E-state index in [1.807, 2.05) is 6.07 Å². The van der Waals surface area contributed by atoms with Gasteiger partial charge in [-0.15, -0.1) is 0 Å². The predicted octanol–water partition coefficient (Wildman–Crippen LogP) is 3.58. The molecule has 0 spiro atoms. The van der Waals surface area contributed by atoms with Crippen molar-refractivity contribution in [1.29, 1.82) is 0 Å². The topological polar surface area (TPSA) is 34.1 Å². The molecule has 1 aromatic carbocycles. The van der Waals surface area contributed by atoms with Crippen molar-refractivity contribution in [2.24, 2.45) is 11.3 Å². The Hall–Kier alpha value is 0.0600. The van der Waals surface area contributed by atoms with Crippen LogP contribution in [-0.2, 0) is 16.3 Å². The van der Waals surface area contributed by atoms with Gasteiger partial charge in [-0.25, -0.2) is 12.8 Å². The fourth-order valence-electron chi connectivity index (χ4n) is 2.79. The Balaban J connectivity index is 2.29. The number of sulfone groups is 1. The third-order valence-electron chi connectivity index (χ3n) is 4.13. The van der Waals surface area contributed by atoms with Crippen LogP contribution in [0.2, 0.25) is 0 Å². The lowest BCUT2D eigenvalue weighted by Gasteiger charge is -2.36. The molecule has 1 fully saturated rings. The molecule has 0 bridgehead atoms. The molecule has 0 saturated carbocycles. The number of alkyl halides is 2. The van der Waals surface area contributed by atoms with E-state index in [2.05, 4.69) is 31.9 Å². The van der Waals surface area contributed by atoms with Gasteiger partial charge < -0.3 is 0 Å². The van der Waals surface area contributed by atoms with Gasteiger partial charge in [-0.1, -0.05) is 50.1 Å². The Morgan fingerprint density at radius 2 is 1.90 bits per heavy atom. The lowest BCUT2D eigenvalue weighted by atomic mass is 9.74. The van der Waals surface area contributed by atoms with Gasteiger partial charge in [0.05, 0.1) is 11.5 Å². The number of benzene rings is 1. The van der Waals surface area contributed by atoms with Crippen LogP contribution in [0, 0.1) is 17.2 Å². The maximum atomic E-state index is 13.9. The SMILES string of the molecule is O=S1(=O)CCC(C(CBr)(CBr)Cc2ccccc2F)C1. The van der Waals surface area contributed by atoms with Gasteiger partial charge in [0.25, 0.3) is 0 Å². The second-order valence-electron chi connectivity index (χ2n) is 5.50. The van der Waals surface area contributed by atoms with Crippen LogP contribution in [0.1, 0.15) is 12.0 Å². The van der Waals surface area contributed by atoms with Gasteiger partial charge in [-0.3, -0.25) is 0 Å². The van der Waals surface area contributed by atoms with E-state index in [0.717, 1.165) is 0 Å². The second kappa shape index (κ2) is 6.44. The van der Waals surface area contributed by atoms with E-state index < -0.39 is 9.84 Å². The quantitative estimate of drug-likeness (QED) is 0.673. The summed E-state index contributed by atoms with van der Waals surface area (Å²) in [4.78, 5) is 0. The van der Waals surface area contributed by atoms with Crippen LogP contribution in [0.5, 0.6) is 0 Å². The van der Waals surface area contributed by atoms with Crippen molar-refractivity contribution in [1.82, 2.24) is 0 Å². The highest BCUT2D eigenvalue weighted by molar-refractivity contribution is 9.09. The number of hydrogen-bond donors (Lipinski definition) is 0. The van der Waals surface area contributed by atoms with Gasteiger partial charge in [-0.2, -0.15) is 0 Å². The Morgan fingerprint density at radius 1 is 1.25 bits per heavy atom. The van der Waals surface area contributed by atoms with Crippen LogP contribution < -0.4 is 0 Å². The van der Waals surface area contributed by atoms with E-state index in [-0.39, 0.29) is 28.7 Å². The molecule has 6 heteroatoms. The molecule has 2 nitrogen and oxygen atoms in total. The molecule has 0 radical (unpaired) electrons. The molecule has 0 N–H and O–H groups in total. The predicted molar refractivity (Wildman–Crippen MR) is 86.9 cm³/mol. The summed E-state index contributed by atoms with van der Waals surface area (Å²) < 4.78 is 37.4. The Bertz CT molecular complexity index is 570. The summed E-state index contributed by atoms with van der Waals surface area (Å²) in [7, 11) is -2.94. The number of halogens is 3. The summed E-state index contributed by atoms with van der Waals surface area (Å²) in [6, 6.07) is 6.71. The third-order valence-corrected chi connectivity index (χ3v) is 8.13. The molecular weight excluding hydrogens is 411 g/mol. The molecule has 1 heterocycles. The van der Waals surface area contributed by atoms with Crippen molar-refractivity contribution >= 4 is 41.7 Å². The molecule has 1 atom stereocenters. The molecule has 1 aliphatic heterocycles. The molecule has 0 aliphatic carbocycles. The van der Waals surface area contributed by atoms with Gasteiger partial charge in [0.1, 0.15) is 5.82 Å². The van der Waals surface area contributed by atoms with Crippen molar-refractivity contribution in [2.45, 2.75) is 12.8 Å². The fraction of sp³-hybridized carbons (Fsp3) is 0.571. The largest absolute Gasteiger partial charge is 0.229 e. The first-order valence-corrected chi connectivity index (χ1v) is 10.5. The van der Waals surface area contributed by atoms with Crippen LogP contribution in [0.4, 0.5) is 4.39 Å². The van der Waals surface area contributed by atoms with Crippen molar-refractivity contribution < 1.29 is 12.8 Å². The van der Waals surface area contributed by atoms with Gasteiger partial charge in [-0.05, 0) is 35.8 Å². The van der Waals surface area contributed by atoms with E-state index >= 15 is 0 Å². The van der Waals surface area contributed by atoms with Crippen LogP contribution in [0.25, 0.3) is 0 Å². The standard InChI is InChI=1S/C14H17Br2FO2S/c15-9-14(10-16,12-5-6-20(18,19)8-12)7-11-3-1-2-4-13(11)17/h1-4,12H,5-10H2.